The van der Waals surface area contributed by atoms with Crippen molar-refractivity contribution in [2.45, 2.75) is 19.3 Å². The third-order valence-corrected chi connectivity index (χ3v) is 7.85. The van der Waals surface area contributed by atoms with Crippen LogP contribution in [-0.4, -0.2) is 24.1 Å². The predicted octanol–water partition coefficient (Wildman–Crippen LogP) is 7.22. The fourth-order valence-electron chi connectivity index (χ4n) is 6.13. The lowest BCUT2D eigenvalue weighted by molar-refractivity contribution is 0.628. The molecule has 0 radical (unpaired) electrons. The van der Waals surface area contributed by atoms with Gasteiger partial charge in [0.05, 0.1) is 27.8 Å². The fraction of sp³-hybridized carbons (Fsp3) is 0.0938. The molecule has 5 heteroatoms. The van der Waals surface area contributed by atoms with Gasteiger partial charge in [0.1, 0.15) is 0 Å². The molecule has 0 bridgehead atoms. The van der Waals surface area contributed by atoms with Crippen LogP contribution in [0.15, 0.2) is 103 Å². The van der Waals surface area contributed by atoms with Crippen LogP contribution >= 0.6 is 0 Å². The van der Waals surface area contributed by atoms with E-state index >= 15 is 0 Å². The highest BCUT2D eigenvalue weighted by molar-refractivity contribution is 6.09. The molecule has 0 spiro atoms. The van der Waals surface area contributed by atoms with E-state index in [-0.39, 0.29) is 5.41 Å². The van der Waals surface area contributed by atoms with Gasteiger partial charge in [0, 0.05) is 34.3 Å². The highest BCUT2D eigenvalue weighted by atomic mass is 15.1. The predicted molar refractivity (Wildman–Crippen MR) is 149 cm³/mol. The number of hydrogen-bond acceptors (Lipinski definition) is 3. The lowest BCUT2D eigenvalue weighted by atomic mass is 9.74. The van der Waals surface area contributed by atoms with Crippen LogP contribution in [0.4, 0.5) is 0 Å². The van der Waals surface area contributed by atoms with Crippen LogP contribution < -0.4 is 0 Å². The smallest absolute Gasteiger partial charge is 0.196 e. The second-order valence-corrected chi connectivity index (χ2v) is 10.2. The van der Waals surface area contributed by atoms with Crippen molar-refractivity contribution in [1.29, 1.82) is 0 Å². The first kappa shape index (κ1) is 20.4. The number of benzene rings is 4. The Labute approximate surface area is 213 Å². The van der Waals surface area contributed by atoms with Crippen molar-refractivity contribution in [3.05, 3.63) is 115 Å². The molecule has 4 heterocycles. The first-order chi connectivity index (χ1) is 18.1. The minimum Gasteiger partial charge on any atom is -0.309 e. The van der Waals surface area contributed by atoms with E-state index in [4.69, 9.17) is 4.98 Å². The van der Waals surface area contributed by atoms with Gasteiger partial charge < -0.3 is 4.57 Å². The quantitative estimate of drug-likeness (QED) is 0.264. The average molecular weight is 478 g/mol. The van der Waals surface area contributed by atoms with Gasteiger partial charge in [0.2, 0.25) is 0 Å². The van der Waals surface area contributed by atoms with Gasteiger partial charge in [-0.3, -0.25) is 4.57 Å². The Morgan fingerprint density at radius 2 is 1.35 bits per heavy atom. The van der Waals surface area contributed by atoms with Crippen LogP contribution in [0.5, 0.6) is 0 Å². The summed E-state index contributed by atoms with van der Waals surface area (Å²) in [6.07, 6.45) is 3.55. The third kappa shape index (κ3) is 2.66. The summed E-state index contributed by atoms with van der Waals surface area (Å²) in [5, 5.41) is 2.53. The molecule has 0 N–H and O–H groups in total. The van der Waals surface area contributed by atoms with Crippen LogP contribution in [0.25, 0.3) is 55.9 Å². The normalized spacial score (nSPS) is 13.9. The molecule has 0 fully saturated rings. The third-order valence-electron chi connectivity index (χ3n) is 7.85. The first-order valence-corrected chi connectivity index (χ1v) is 12.6. The second kappa shape index (κ2) is 7.14. The van der Waals surface area contributed by atoms with Gasteiger partial charge in [0.25, 0.3) is 0 Å². The highest BCUT2D eigenvalue weighted by Gasteiger charge is 2.36. The van der Waals surface area contributed by atoms with Gasteiger partial charge in [-0.05, 0) is 53.6 Å². The summed E-state index contributed by atoms with van der Waals surface area (Å²) >= 11 is 0. The van der Waals surface area contributed by atoms with E-state index in [2.05, 4.69) is 118 Å². The van der Waals surface area contributed by atoms with Crippen molar-refractivity contribution in [2.75, 3.05) is 0 Å². The van der Waals surface area contributed by atoms with Gasteiger partial charge in [-0.25, -0.2) is 15.0 Å². The summed E-state index contributed by atoms with van der Waals surface area (Å²) < 4.78 is 4.63. The zero-order chi connectivity index (χ0) is 24.7. The van der Waals surface area contributed by atoms with Crippen LogP contribution in [0.3, 0.4) is 0 Å². The molecule has 0 unspecified atom stereocenters. The van der Waals surface area contributed by atoms with E-state index in [1.54, 1.807) is 12.4 Å². The average Bonchev–Trinajstić information content (AvgIpc) is 3.49. The molecule has 4 aromatic carbocycles. The number of imidazole rings is 1. The molecule has 8 rings (SSSR count). The Morgan fingerprint density at radius 1 is 0.649 bits per heavy atom. The number of fused-ring (bicyclic) bond motifs is 5. The van der Waals surface area contributed by atoms with Crippen molar-refractivity contribution in [3.63, 3.8) is 0 Å². The van der Waals surface area contributed by atoms with Crippen LogP contribution in [0.1, 0.15) is 25.0 Å². The Bertz CT molecular complexity index is 1960. The number of aromatic nitrogens is 5. The molecule has 1 aliphatic heterocycles. The molecular weight excluding hydrogens is 454 g/mol. The van der Waals surface area contributed by atoms with Crippen molar-refractivity contribution in [2.24, 2.45) is 0 Å². The van der Waals surface area contributed by atoms with E-state index < -0.39 is 0 Å². The Balaban J connectivity index is 1.46. The minimum absolute atomic E-state index is 0.214. The molecule has 7 aromatic rings. The molecule has 0 aliphatic carbocycles. The number of para-hydroxylation sites is 3. The van der Waals surface area contributed by atoms with E-state index in [1.165, 1.54) is 32.9 Å². The zero-order valence-electron chi connectivity index (χ0n) is 20.6. The molecule has 0 amide bonds. The summed E-state index contributed by atoms with van der Waals surface area (Å²) in [5.74, 6) is 1.39. The maximum atomic E-state index is 5.01. The monoisotopic (exact) mass is 477 g/mol. The standard InChI is InChI=1S/C32H23N5/c1-32(2)23-11-7-12-25-29(23)37(31(35-25)30-33-17-8-18-34-30)28-16-15-20(19-24(28)32)36-26-13-5-3-9-21(26)22-10-4-6-14-27(22)36/h3-19H,1-2H3. The number of hydrogen-bond donors (Lipinski definition) is 0. The summed E-state index contributed by atoms with van der Waals surface area (Å²) in [6.45, 7) is 4.62. The van der Waals surface area contributed by atoms with Crippen LogP contribution in [0.2, 0.25) is 0 Å². The highest BCUT2D eigenvalue weighted by Crippen LogP contribution is 2.46. The Kier molecular flexibility index (Phi) is 3.94. The van der Waals surface area contributed by atoms with E-state index in [0.29, 0.717) is 5.82 Å². The van der Waals surface area contributed by atoms with Gasteiger partial charge in [-0.2, -0.15) is 0 Å². The number of nitrogens with zero attached hydrogens (tertiary/aromatic N) is 5. The van der Waals surface area contributed by atoms with Crippen molar-refractivity contribution in [1.82, 2.24) is 24.1 Å². The fourth-order valence-corrected chi connectivity index (χ4v) is 6.13. The topological polar surface area (TPSA) is 48.5 Å². The van der Waals surface area contributed by atoms with E-state index in [0.717, 1.165) is 28.2 Å². The first-order valence-electron chi connectivity index (χ1n) is 12.6. The van der Waals surface area contributed by atoms with Crippen LogP contribution in [0, 0.1) is 0 Å². The lowest BCUT2D eigenvalue weighted by Crippen LogP contribution is -2.27. The van der Waals surface area contributed by atoms with Crippen molar-refractivity contribution in [3.8, 4) is 23.0 Å². The summed E-state index contributed by atoms with van der Waals surface area (Å²) in [7, 11) is 0. The maximum Gasteiger partial charge on any atom is 0.196 e. The summed E-state index contributed by atoms with van der Waals surface area (Å²) in [6, 6.07) is 32.4. The molecule has 3 aromatic heterocycles. The van der Waals surface area contributed by atoms with Crippen molar-refractivity contribution >= 4 is 32.8 Å². The van der Waals surface area contributed by atoms with E-state index in [1.807, 2.05) is 6.07 Å². The molecule has 176 valence electrons. The summed E-state index contributed by atoms with van der Waals surface area (Å²) in [5.41, 5.74) is 9.08. The molecule has 0 saturated heterocycles. The Morgan fingerprint density at radius 3 is 2.08 bits per heavy atom. The number of rotatable bonds is 2. The van der Waals surface area contributed by atoms with E-state index in [9.17, 15) is 0 Å². The molecule has 1 aliphatic rings. The molecule has 0 atom stereocenters. The van der Waals surface area contributed by atoms with Gasteiger partial charge >= 0.3 is 0 Å². The zero-order valence-corrected chi connectivity index (χ0v) is 20.6. The van der Waals surface area contributed by atoms with Crippen LogP contribution in [-0.2, 0) is 5.41 Å². The van der Waals surface area contributed by atoms with Gasteiger partial charge in [0.15, 0.2) is 11.6 Å². The second-order valence-electron chi connectivity index (χ2n) is 10.2. The van der Waals surface area contributed by atoms with Gasteiger partial charge in [-0.1, -0.05) is 62.4 Å². The minimum atomic E-state index is -0.214. The lowest BCUT2D eigenvalue weighted by Gasteiger charge is -2.35. The SMILES string of the molecule is CC1(C)c2cc(-n3c4ccccc4c4ccccc43)ccc2-n2c(-c3ncccn3)nc3cccc1c32. The Hall–Kier alpha value is -4.77. The molecule has 37 heavy (non-hydrogen) atoms. The largest absolute Gasteiger partial charge is 0.309 e. The molecule has 5 nitrogen and oxygen atoms in total. The summed E-state index contributed by atoms with van der Waals surface area (Å²) in [4.78, 5) is 14.1. The van der Waals surface area contributed by atoms with Crippen molar-refractivity contribution < 1.29 is 0 Å². The van der Waals surface area contributed by atoms with Gasteiger partial charge in [-0.15, -0.1) is 0 Å². The maximum absolute atomic E-state index is 5.01. The molecular formula is C32H23N5. The molecule has 0 saturated carbocycles.